The van der Waals surface area contributed by atoms with Crippen LogP contribution in [0.15, 0.2) is 58.1 Å². The minimum atomic E-state index is -0.0194. The number of ether oxygens (including phenoxy) is 2. The first-order valence-corrected chi connectivity index (χ1v) is 16.4. The Morgan fingerprint density at radius 2 is 0.935 bits per heavy atom. The van der Waals surface area contributed by atoms with Gasteiger partial charge >= 0.3 is 0 Å². The van der Waals surface area contributed by atoms with E-state index in [4.69, 9.17) is 9.47 Å². The predicted molar refractivity (Wildman–Crippen MR) is 196 cm³/mol. The van der Waals surface area contributed by atoms with Crippen LogP contribution in [0.2, 0.25) is 0 Å². The first kappa shape index (κ1) is 29.8. The summed E-state index contributed by atoms with van der Waals surface area (Å²) in [5.41, 5.74) is 3.60. The van der Waals surface area contributed by atoms with Crippen LogP contribution in [0, 0.1) is 13.8 Å². The highest BCUT2D eigenvalue weighted by Crippen LogP contribution is 2.52. The van der Waals surface area contributed by atoms with Crippen molar-refractivity contribution >= 4 is 76.0 Å². The van der Waals surface area contributed by atoms with Gasteiger partial charge in [-0.1, -0.05) is 74.2 Å². The molecule has 0 saturated heterocycles. The average molecular weight is 613 g/mol. The molecule has 0 aliphatic heterocycles. The van der Waals surface area contributed by atoms with Gasteiger partial charge in [0.1, 0.15) is 11.5 Å². The van der Waals surface area contributed by atoms with Crippen LogP contribution >= 0.6 is 0 Å². The summed E-state index contributed by atoms with van der Waals surface area (Å²) in [7, 11) is 3.33. The maximum absolute atomic E-state index is 14.6. The van der Waals surface area contributed by atoms with Crippen LogP contribution in [0.3, 0.4) is 0 Å². The van der Waals surface area contributed by atoms with Crippen molar-refractivity contribution in [2.45, 2.75) is 53.4 Å². The maximum atomic E-state index is 14.6. The lowest BCUT2D eigenvalue weighted by Gasteiger charge is -2.24. The molecule has 7 rings (SSSR count). The molecule has 0 bridgehead atoms. The molecule has 234 valence electrons. The van der Waals surface area contributed by atoms with Crippen LogP contribution in [-0.2, 0) is 0 Å². The zero-order chi connectivity index (χ0) is 32.3. The second kappa shape index (κ2) is 11.5. The van der Waals surface area contributed by atoms with E-state index in [1.165, 1.54) is 0 Å². The van der Waals surface area contributed by atoms with Crippen LogP contribution in [-0.4, -0.2) is 27.3 Å². The van der Waals surface area contributed by atoms with Crippen molar-refractivity contribution in [2.75, 3.05) is 37.9 Å². The van der Waals surface area contributed by atoms with Crippen LogP contribution in [0.25, 0.3) is 64.6 Å². The molecule has 0 heterocycles. The van der Waals surface area contributed by atoms with E-state index in [0.29, 0.717) is 33.0 Å². The molecule has 7 aromatic rings. The zero-order valence-corrected chi connectivity index (χ0v) is 27.5. The molecule has 46 heavy (non-hydrogen) atoms. The molecule has 6 nitrogen and oxygen atoms in total. The van der Waals surface area contributed by atoms with Crippen molar-refractivity contribution in [3.8, 4) is 11.5 Å². The number of fused-ring (bicyclic) bond motifs is 6. The van der Waals surface area contributed by atoms with Gasteiger partial charge in [-0.3, -0.25) is 9.59 Å². The number of hydrogen-bond donors (Lipinski definition) is 2. The van der Waals surface area contributed by atoms with Gasteiger partial charge in [0.25, 0.3) is 0 Å². The smallest absolute Gasteiger partial charge is 0.196 e. The zero-order valence-electron chi connectivity index (χ0n) is 27.5. The Kier molecular flexibility index (Phi) is 7.47. The largest absolute Gasteiger partial charge is 0.496 e. The number of aryl methyl sites for hydroxylation is 2. The fraction of sp³-hybridized carbons (Fsp3) is 0.300. The van der Waals surface area contributed by atoms with Crippen molar-refractivity contribution in [2.24, 2.45) is 0 Å². The summed E-state index contributed by atoms with van der Waals surface area (Å²) in [5, 5.41) is 16.7. The van der Waals surface area contributed by atoms with Gasteiger partial charge in [-0.05, 0) is 48.2 Å². The second-order valence-electron chi connectivity index (χ2n) is 12.6. The number of hydrogen-bond acceptors (Lipinski definition) is 6. The van der Waals surface area contributed by atoms with Gasteiger partial charge in [0.05, 0.1) is 25.0 Å². The van der Waals surface area contributed by atoms with Gasteiger partial charge in [-0.25, -0.2) is 0 Å². The molecule has 0 fully saturated rings. The summed E-state index contributed by atoms with van der Waals surface area (Å²) in [6.45, 7) is 9.89. The quantitative estimate of drug-likeness (QED) is 0.0911. The average Bonchev–Trinajstić information content (AvgIpc) is 3.05. The Labute approximate surface area is 268 Å². The molecular weight excluding hydrogens is 572 g/mol. The van der Waals surface area contributed by atoms with Crippen molar-refractivity contribution < 1.29 is 9.47 Å². The van der Waals surface area contributed by atoms with E-state index in [9.17, 15) is 9.59 Å². The highest BCUT2D eigenvalue weighted by Gasteiger charge is 2.28. The topological polar surface area (TPSA) is 76.7 Å². The lowest BCUT2D eigenvalue weighted by atomic mass is 9.82. The summed E-state index contributed by atoms with van der Waals surface area (Å²) < 4.78 is 12.3. The molecule has 2 N–H and O–H groups in total. The lowest BCUT2D eigenvalue weighted by molar-refractivity contribution is 0.417. The van der Waals surface area contributed by atoms with Crippen LogP contribution < -0.4 is 31.0 Å². The molecular formula is C40H40N2O4. The number of rotatable bonds is 10. The lowest BCUT2D eigenvalue weighted by Crippen LogP contribution is -2.13. The predicted octanol–water partition coefficient (Wildman–Crippen LogP) is 9.26. The summed E-state index contributed by atoms with van der Waals surface area (Å²) in [5.74, 6) is 1.26. The molecule has 0 atom stereocenters. The molecule has 0 spiro atoms. The molecule has 0 unspecified atom stereocenters. The van der Waals surface area contributed by atoms with Gasteiger partial charge in [0.15, 0.2) is 10.9 Å². The fourth-order valence-corrected chi connectivity index (χ4v) is 7.37. The maximum Gasteiger partial charge on any atom is 0.196 e. The number of nitrogens with one attached hydrogen (secondary N) is 2. The second-order valence-corrected chi connectivity index (χ2v) is 12.6. The summed E-state index contributed by atoms with van der Waals surface area (Å²) in [6, 6.07) is 16.0. The summed E-state index contributed by atoms with van der Waals surface area (Å²) >= 11 is 0. The van der Waals surface area contributed by atoms with E-state index < -0.39 is 0 Å². The third kappa shape index (κ3) is 4.30. The first-order chi connectivity index (χ1) is 22.3. The minimum Gasteiger partial charge on any atom is -0.496 e. The number of benzene rings is 7. The van der Waals surface area contributed by atoms with Crippen LogP contribution in [0.4, 0.5) is 11.4 Å². The Morgan fingerprint density at radius 3 is 1.30 bits per heavy atom. The minimum absolute atomic E-state index is 0.0194. The SMILES string of the molecule is CCCCNc1cc(OC)c2c3c(OC)cc(NCCCC)c4c(=O)c5ccc(C)cc5c(c43)c3c4cc(C)ccc4c(=O)c1c23. The third-order valence-electron chi connectivity index (χ3n) is 9.55. The van der Waals surface area contributed by atoms with E-state index >= 15 is 0 Å². The monoisotopic (exact) mass is 612 g/mol. The summed E-state index contributed by atoms with van der Waals surface area (Å²) in [4.78, 5) is 29.2. The van der Waals surface area contributed by atoms with E-state index in [0.717, 1.165) is 104 Å². The molecule has 7 aromatic carbocycles. The number of anilines is 2. The standard InChI is InChI=1S/C40H40N2O4/c1-7-9-15-41-27-19-29(45-5)35-36-30(46-6)20-28(42-16-10-8-2)34-38(36)32(26-18-22(4)12-14-24(26)40(34)44)31-25-17-21(3)11-13-23(25)39(43)33(27)37(31)35/h11-14,17-20,41-42H,7-10,15-16H2,1-6H3. The van der Waals surface area contributed by atoms with Gasteiger partial charge < -0.3 is 20.1 Å². The van der Waals surface area contributed by atoms with Gasteiger partial charge in [-0.2, -0.15) is 0 Å². The van der Waals surface area contributed by atoms with Gasteiger partial charge in [0, 0.05) is 68.9 Å². The Hall–Kier alpha value is -4.84. The molecule has 0 aliphatic rings. The highest BCUT2D eigenvalue weighted by atomic mass is 16.5. The van der Waals surface area contributed by atoms with E-state index in [1.54, 1.807) is 14.2 Å². The van der Waals surface area contributed by atoms with Crippen LogP contribution in [0.1, 0.15) is 50.7 Å². The van der Waals surface area contributed by atoms with Crippen molar-refractivity contribution in [1.82, 2.24) is 0 Å². The molecule has 0 radical (unpaired) electrons. The van der Waals surface area contributed by atoms with Crippen molar-refractivity contribution in [3.63, 3.8) is 0 Å². The Morgan fingerprint density at radius 1 is 0.522 bits per heavy atom. The fourth-order valence-electron chi connectivity index (χ4n) is 7.37. The molecule has 6 heteroatoms. The molecule has 0 aromatic heterocycles. The Balaban J connectivity index is 1.89. The first-order valence-electron chi connectivity index (χ1n) is 16.4. The van der Waals surface area contributed by atoms with E-state index in [1.807, 2.05) is 36.4 Å². The van der Waals surface area contributed by atoms with E-state index in [2.05, 4.69) is 50.5 Å². The number of methoxy groups -OCH3 is 2. The van der Waals surface area contributed by atoms with Gasteiger partial charge in [0.2, 0.25) is 0 Å². The molecule has 0 amide bonds. The Bertz CT molecular complexity index is 2260. The van der Waals surface area contributed by atoms with Crippen LogP contribution in [0.5, 0.6) is 11.5 Å². The summed E-state index contributed by atoms with van der Waals surface area (Å²) in [6.07, 6.45) is 4.00. The van der Waals surface area contributed by atoms with Gasteiger partial charge in [-0.15, -0.1) is 0 Å². The van der Waals surface area contributed by atoms with Crippen molar-refractivity contribution in [1.29, 1.82) is 0 Å². The van der Waals surface area contributed by atoms with E-state index in [-0.39, 0.29) is 10.9 Å². The molecule has 0 saturated carbocycles. The highest BCUT2D eigenvalue weighted by molar-refractivity contribution is 6.45. The molecule has 0 aliphatic carbocycles. The number of unbranched alkanes of at least 4 members (excludes halogenated alkanes) is 2. The third-order valence-corrected chi connectivity index (χ3v) is 9.55. The normalized spacial score (nSPS) is 12.0. The van der Waals surface area contributed by atoms with Crippen molar-refractivity contribution in [3.05, 3.63) is 80.1 Å².